The van der Waals surface area contributed by atoms with Gasteiger partial charge < -0.3 is 10.6 Å². The highest BCUT2D eigenvalue weighted by Crippen LogP contribution is 2.35. The zero-order valence-electron chi connectivity index (χ0n) is 15.7. The molecule has 146 valence electrons. The van der Waals surface area contributed by atoms with E-state index in [2.05, 4.69) is 30.3 Å². The van der Waals surface area contributed by atoms with Crippen molar-refractivity contribution in [3.8, 4) is 0 Å². The van der Waals surface area contributed by atoms with Crippen molar-refractivity contribution in [3.05, 3.63) is 57.3 Å². The van der Waals surface area contributed by atoms with Crippen LogP contribution in [0, 0.1) is 5.92 Å². The molecule has 1 fully saturated rings. The molecule has 0 bridgehead atoms. The van der Waals surface area contributed by atoms with Crippen LogP contribution in [0.2, 0.25) is 0 Å². The Hall–Kier alpha value is -1.36. The third-order valence-electron chi connectivity index (χ3n) is 5.97. The summed E-state index contributed by atoms with van der Waals surface area (Å²) in [7, 11) is 0. The molecular weight excluding hydrogens is 376 g/mol. The van der Waals surface area contributed by atoms with E-state index < -0.39 is 0 Å². The van der Waals surface area contributed by atoms with Crippen molar-refractivity contribution >= 4 is 29.7 Å². The summed E-state index contributed by atoms with van der Waals surface area (Å²) in [4.78, 5) is 17.6. The van der Waals surface area contributed by atoms with E-state index in [1.54, 1.807) is 11.3 Å². The molecule has 0 radical (unpaired) electrons. The molecule has 1 amide bonds. The molecule has 2 atom stereocenters. The standard InChI is InChI=1S/C22H28N2OS.ClH/c23-13-18-14-24(15-19(18)16-8-5-3-6-9-16)22(25)21-12-17-10-4-1-2-7-11-20(17)26-21;/h3,5-6,8-9,12,18-19H,1-2,4,7,10-11,13-15,23H2;1H/t18-,19+;/m1./s1. The van der Waals surface area contributed by atoms with Gasteiger partial charge in [-0.3, -0.25) is 4.79 Å². The summed E-state index contributed by atoms with van der Waals surface area (Å²) >= 11 is 1.74. The average Bonchev–Trinajstić information content (AvgIpc) is 3.26. The largest absolute Gasteiger partial charge is 0.337 e. The van der Waals surface area contributed by atoms with Crippen molar-refractivity contribution in [1.29, 1.82) is 0 Å². The summed E-state index contributed by atoms with van der Waals surface area (Å²) in [6.07, 6.45) is 7.44. The summed E-state index contributed by atoms with van der Waals surface area (Å²) in [5.41, 5.74) is 8.77. The first-order valence-corrected chi connectivity index (χ1v) is 10.7. The predicted octanol–water partition coefficient (Wildman–Crippen LogP) is 4.64. The number of carbonyl (C=O) groups excluding carboxylic acids is 1. The summed E-state index contributed by atoms with van der Waals surface area (Å²) in [6.45, 7) is 2.19. The monoisotopic (exact) mass is 404 g/mol. The van der Waals surface area contributed by atoms with Crippen LogP contribution in [0.15, 0.2) is 36.4 Å². The fraction of sp³-hybridized carbons (Fsp3) is 0.500. The number of halogens is 1. The van der Waals surface area contributed by atoms with E-state index in [0.29, 0.717) is 18.4 Å². The molecule has 1 aromatic heterocycles. The SMILES string of the molecule is Cl.NC[C@@H]1CN(C(=O)c2cc3c(s2)CCCCCC3)C[C@H]1c1ccccc1. The van der Waals surface area contributed by atoms with Gasteiger partial charge in [-0.15, -0.1) is 23.7 Å². The van der Waals surface area contributed by atoms with Gasteiger partial charge in [-0.05, 0) is 55.3 Å². The fourth-order valence-electron chi connectivity index (χ4n) is 4.46. The van der Waals surface area contributed by atoms with Crippen LogP contribution in [-0.2, 0) is 12.8 Å². The van der Waals surface area contributed by atoms with Crippen LogP contribution in [0.3, 0.4) is 0 Å². The van der Waals surface area contributed by atoms with Crippen molar-refractivity contribution < 1.29 is 4.79 Å². The molecule has 2 aromatic rings. The quantitative estimate of drug-likeness (QED) is 0.809. The predicted molar refractivity (Wildman–Crippen MR) is 115 cm³/mol. The highest BCUT2D eigenvalue weighted by molar-refractivity contribution is 7.14. The molecule has 2 aliphatic rings. The van der Waals surface area contributed by atoms with Gasteiger partial charge in [0.25, 0.3) is 5.91 Å². The summed E-state index contributed by atoms with van der Waals surface area (Å²) < 4.78 is 0. The lowest BCUT2D eigenvalue weighted by Crippen LogP contribution is -2.29. The van der Waals surface area contributed by atoms with Gasteiger partial charge in [-0.2, -0.15) is 0 Å². The number of carbonyl (C=O) groups is 1. The minimum Gasteiger partial charge on any atom is -0.337 e. The Morgan fingerprint density at radius 2 is 1.81 bits per heavy atom. The molecule has 2 heterocycles. The Labute approximate surface area is 172 Å². The molecule has 0 saturated carbocycles. The third kappa shape index (κ3) is 4.39. The van der Waals surface area contributed by atoms with Gasteiger partial charge >= 0.3 is 0 Å². The van der Waals surface area contributed by atoms with Gasteiger partial charge in [0.2, 0.25) is 0 Å². The van der Waals surface area contributed by atoms with Gasteiger partial charge in [-0.25, -0.2) is 0 Å². The van der Waals surface area contributed by atoms with Crippen molar-refractivity contribution in [1.82, 2.24) is 4.90 Å². The molecule has 5 heteroatoms. The van der Waals surface area contributed by atoms with Crippen LogP contribution in [0.25, 0.3) is 0 Å². The zero-order valence-corrected chi connectivity index (χ0v) is 17.4. The molecule has 3 nitrogen and oxygen atoms in total. The number of nitrogens with zero attached hydrogens (tertiary/aromatic N) is 1. The molecular formula is C22H29ClN2OS. The molecule has 1 saturated heterocycles. The van der Waals surface area contributed by atoms with Crippen LogP contribution in [0.1, 0.15) is 57.3 Å². The van der Waals surface area contributed by atoms with Gasteiger partial charge in [0.15, 0.2) is 0 Å². The van der Waals surface area contributed by atoms with E-state index in [0.717, 1.165) is 30.8 Å². The molecule has 4 rings (SSSR count). The van der Waals surface area contributed by atoms with Crippen molar-refractivity contribution in [2.75, 3.05) is 19.6 Å². The van der Waals surface area contributed by atoms with Crippen LogP contribution in [0.4, 0.5) is 0 Å². The summed E-state index contributed by atoms with van der Waals surface area (Å²) in [5, 5.41) is 0. The van der Waals surface area contributed by atoms with Crippen LogP contribution in [-0.4, -0.2) is 30.4 Å². The second kappa shape index (κ2) is 9.22. The number of benzene rings is 1. The fourth-order valence-corrected chi connectivity index (χ4v) is 5.68. The normalized spacial score (nSPS) is 22.5. The number of fused-ring (bicyclic) bond motifs is 1. The van der Waals surface area contributed by atoms with Crippen molar-refractivity contribution in [2.45, 2.75) is 44.4 Å². The zero-order chi connectivity index (χ0) is 17.9. The third-order valence-corrected chi connectivity index (χ3v) is 7.19. The number of amides is 1. The number of likely N-dealkylation sites (tertiary alicyclic amines) is 1. The van der Waals surface area contributed by atoms with Crippen molar-refractivity contribution in [3.63, 3.8) is 0 Å². The molecule has 1 aliphatic heterocycles. The topological polar surface area (TPSA) is 46.3 Å². The second-order valence-electron chi connectivity index (χ2n) is 7.70. The Morgan fingerprint density at radius 3 is 2.56 bits per heavy atom. The highest BCUT2D eigenvalue weighted by atomic mass is 35.5. The summed E-state index contributed by atoms with van der Waals surface area (Å²) in [5.74, 6) is 0.909. The van der Waals surface area contributed by atoms with E-state index in [-0.39, 0.29) is 18.3 Å². The number of thiophene rings is 1. The molecule has 0 unspecified atom stereocenters. The average molecular weight is 405 g/mol. The summed E-state index contributed by atoms with van der Waals surface area (Å²) in [6, 6.07) is 12.7. The van der Waals surface area contributed by atoms with Crippen LogP contribution < -0.4 is 5.73 Å². The Bertz CT molecular complexity index is 735. The first kappa shape index (κ1) is 20.4. The first-order valence-electron chi connectivity index (χ1n) is 9.92. The minimum absolute atomic E-state index is 0. The van der Waals surface area contributed by atoms with Gasteiger partial charge in [0.1, 0.15) is 0 Å². The van der Waals surface area contributed by atoms with E-state index in [4.69, 9.17) is 5.73 Å². The van der Waals surface area contributed by atoms with E-state index in [1.165, 1.54) is 41.7 Å². The molecule has 27 heavy (non-hydrogen) atoms. The Balaban J connectivity index is 0.00000210. The van der Waals surface area contributed by atoms with Crippen LogP contribution >= 0.6 is 23.7 Å². The maximum Gasteiger partial charge on any atom is 0.263 e. The highest BCUT2D eigenvalue weighted by Gasteiger charge is 2.36. The minimum atomic E-state index is 0. The van der Waals surface area contributed by atoms with Gasteiger partial charge in [0.05, 0.1) is 4.88 Å². The lowest BCUT2D eigenvalue weighted by atomic mass is 9.89. The second-order valence-corrected chi connectivity index (χ2v) is 8.83. The van der Waals surface area contributed by atoms with Gasteiger partial charge in [-0.1, -0.05) is 43.2 Å². The molecule has 2 N–H and O–H groups in total. The lowest BCUT2D eigenvalue weighted by Gasteiger charge is -2.16. The number of hydrogen-bond acceptors (Lipinski definition) is 3. The first-order chi connectivity index (χ1) is 12.8. The van der Waals surface area contributed by atoms with Crippen molar-refractivity contribution in [2.24, 2.45) is 11.7 Å². The maximum absolute atomic E-state index is 13.2. The van der Waals surface area contributed by atoms with Gasteiger partial charge in [0, 0.05) is 23.9 Å². The number of nitrogens with two attached hydrogens (primary N) is 1. The number of hydrogen-bond donors (Lipinski definition) is 1. The lowest BCUT2D eigenvalue weighted by molar-refractivity contribution is 0.0791. The smallest absolute Gasteiger partial charge is 0.263 e. The van der Waals surface area contributed by atoms with E-state index in [9.17, 15) is 4.79 Å². The number of aryl methyl sites for hydroxylation is 2. The van der Waals surface area contributed by atoms with E-state index in [1.807, 2.05) is 11.0 Å². The van der Waals surface area contributed by atoms with E-state index >= 15 is 0 Å². The molecule has 1 aliphatic carbocycles. The Morgan fingerprint density at radius 1 is 1.07 bits per heavy atom. The Kier molecular flexibility index (Phi) is 6.96. The number of rotatable bonds is 3. The van der Waals surface area contributed by atoms with Crippen LogP contribution in [0.5, 0.6) is 0 Å². The molecule has 0 spiro atoms. The maximum atomic E-state index is 13.2. The molecule has 1 aromatic carbocycles.